The van der Waals surface area contributed by atoms with E-state index in [0.717, 1.165) is 24.2 Å². The number of carboxylic acid groups (broad SMARTS) is 1. The van der Waals surface area contributed by atoms with Gasteiger partial charge in [-0.25, -0.2) is 0 Å². The fraction of sp³-hybridized carbons (Fsp3) is 0.312. The first-order valence-corrected chi connectivity index (χ1v) is 6.65. The maximum atomic E-state index is 10.6. The fourth-order valence-electron chi connectivity index (χ4n) is 2.66. The molecule has 1 aromatic heterocycles. The van der Waals surface area contributed by atoms with Crippen molar-refractivity contribution in [3.63, 3.8) is 0 Å². The summed E-state index contributed by atoms with van der Waals surface area (Å²) in [5.74, 6) is 0.385. The van der Waals surface area contributed by atoms with Crippen LogP contribution in [0, 0.1) is 0 Å². The highest BCUT2D eigenvalue weighted by Gasteiger charge is 2.12. The summed E-state index contributed by atoms with van der Waals surface area (Å²) in [5, 5.41) is 8.74. The third kappa shape index (κ3) is 2.55. The van der Waals surface area contributed by atoms with Crippen molar-refractivity contribution in [2.75, 3.05) is 0 Å². The molecule has 0 radical (unpaired) electrons. The highest BCUT2D eigenvalue weighted by Crippen LogP contribution is 2.28. The Balaban J connectivity index is 1.89. The summed E-state index contributed by atoms with van der Waals surface area (Å²) in [7, 11) is 0. The average molecular weight is 256 g/mol. The second-order valence-electron chi connectivity index (χ2n) is 5.03. The Morgan fingerprint density at radius 1 is 1.11 bits per heavy atom. The Bertz CT molecular complexity index is 610. The highest BCUT2D eigenvalue weighted by atomic mass is 16.4. The van der Waals surface area contributed by atoms with E-state index >= 15 is 0 Å². The summed E-state index contributed by atoms with van der Waals surface area (Å²) in [6.45, 7) is 0. The number of rotatable bonds is 3. The van der Waals surface area contributed by atoms with Gasteiger partial charge < -0.3 is 9.52 Å². The van der Waals surface area contributed by atoms with Crippen LogP contribution < -0.4 is 0 Å². The van der Waals surface area contributed by atoms with Gasteiger partial charge in [-0.3, -0.25) is 4.79 Å². The molecule has 3 rings (SSSR count). The Labute approximate surface area is 111 Å². The zero-order valence-electron chi connectivity index (χ0n) is 10.7. The van der Waals surface area contributed by atoms with Crippen molar-refractivity contribution in [3.05, 3.63) is 47.2 Å². The molecule has 0 unspecified atom stereocenters. The Hall–Kier alpha value is -2.03. The zero-order chi connectivity index (χ0) is 13.2. The lowest BCUT2D eigenvalue weighted by molar-refractivity contribution is -0.136. The maximum absolute atomic E-state index is 10.6. The van der Waals surface area contributed by atoms with Gasteiger partial charge in [-0.2, -0.15) is 0 Å². The van der Waals surface area contributed by atoms with E-state index in [0.29, 0.717) is 5.76 Å². The van der Waals surface area contributed by atoms with Crippen molar-refractivity contribution in [1.29, 1.82) is 0 Å². The van der Waals surface area contributed by atoms with Crippen molar-refractivity contribution in [2.24, 2.45) is 0 Å². The van der Waals surface area contributed by atoms with Gasteiger partial charge in [0, 0.05) is 5.56 Å². The molecule has 1 N–H and O–H groups in total. The van der Waals surface area contributed by atoms with Gasteiger partial charge in [-0.15, -0.1) is 0 Å². The smallest absolute Gasteiger partial charge is 0.311 e. The SMILES string of the molecule is O=C(O)Cc1ccc(-c2ccc3c(c2)CCCC3)o1. The number of hydrogen-bond acceptors (Lipinski definition) is 2. The van der Waals surface area contributed by atoms with E-state index in [9.17, 15) is 4.79 Å². The molecule has 2 aromatic rings. The van der Waals surface area contributed by atoms with Crippen molar-refractivity contribution in [3.8, 4) is 11.3 Å². The quantitative estimate of drug-likeness (QED) is 0.915. The Morgan fingerprint density at radius 3 is 2.68 bits per heavy atom. The number of furan rings is 1. The molecule has 98 valence electrons. The van der Waals surface area contributed by atoms with Crippen LogP contribution in [-0.4, -0.2) is 11.1 Å². The predicted octanol–water partition coefficient (Wildman–Crippen LogP) is 3.45. The molecule has 0 amide bonds. The zero-order valence-corrected chi connectivity index (χ0v) is 10.7. The van der Waals surface area contributed by atoms with Crippen molar-refractivity contribution in [2.45, 2.75) is 32.1 Å². The van der Waals surface area contributed by atoms with Gasteiger partial charge in [-0.05, 0) is 55.0 Å². The van der Waals surface area contributed by atoms with Crippen LogP contribution in [0.5, 0.6) is 0 Å². The van der Waals surface area contributed by atoms with E-state index < -0.39 is 5.97 Å². The van der Waals surface area contributed by atoms with Crippen LogP contribution in [0.2, 0.25) is 0 Å². The van der Waals surface area contributed by atoms with Gasteiger partial charge in [0.1, 0.15) is 17.9 Å². The number of benzene rings is 1. The largest absolute Gasteiger partial charge is 0.481 e. The first kappa shape index (κ1) is 12.0. The van der Waals surface area contributed by atoms with Crippen molar-refractivity contribution in [1.82, 2.24) is 0 Å². The molecule has 1 aromatic carbocycles. The Morgan fingerprint density at radius 2 is 1.89 bits per heavy atom. The minimum atomic E-state index is -0.869. The lowest BCUT2D eigenvalue weighted by Gasteiger charge is -2.15. The highest BCUT2D eigenvalue weighted by molar-refractivity contribution is 5.70. The molecular formula is C16H16O3. The minimum absolute atomic E-state index is 0.0645. The van der Waals surface area contributed by atoms with E-state index in [-0.39, 0.29) is 6.42 Å². The normalized spacial score (nSPS) is 14.1. The molecule has 1 heterocycles. The second kappa shape index (κ2) is 4.92. The summed E-state index contributed by atoms with van der Waals surface area (Å²) < 4.78 is 5.59. The van der Waals surface area contributed by atoms with Crippen LogP contribution in [0.15, 0.2) is 34.7 Å². The number of carbonyl (C=O) groups is 1. The van der Waals surface area contributed by atoms with Crippen molar-refractivity contribution < 1.29 is 14.3 Å². The third-order valence-electron chi connectivity index (χ3n) is 3.62. The molecule has 0 bridgehead atoms. The topological polar surface area (TPSA) is 50.4 Å². The molecule has 3 nitrogen and oxygen atoms in total. The van der Waals surface area contributed by atoms with E-state index in [2.05, 4.69) is 18.2 Å². The number of fused-ring (bicyclic) bond motifs is 1. The van der Waals surface area contributed by atoms with Crippen LogP contribution in [0.25, 0.3) is 11.3 Å². The molecule has 19 heavy (non-hydrogen) atoms. The molecule has 0 saturated heterocycles. The fourth-order valence-corrected chi connectivity index (χ4v) is 2.66. The lowest BCUT2D eigenvalue weighted by atomic mass is 9.90. The molecular weight excluding hydrogens is 240 g/mol. The summed E-state index contributed by atoms with van der Waals surface area (Å²) >= 11 is 0. The van der Waals surface area contributed by atoms with E-state index in [1.165, 1.54) is 24.0 Å². The second-order valence-corrected chi connectivity index (χ2v) is 5.03. The molecule has 1 aliphatic rings. The molecule has 0 fully saturated rings. The minimum Gasteiger partial charge on any atom is -0.481 e. The third-order valence-corrected chi connectivity index (χ3v) is 3.62. The van der Waals surface area contributed by atoms with Gasteiger partial charge in [-0.1, -0.05) is 12.1 Å². The number of hydrogen-bond donors (Lipinski definition) is 1. The maximum Gasteiger partial charge on any atom is 0.311 e. The molecule has 0 aliphatic heterocycles. The number of carboxylic acids is 1. The van der Waals surface area contributed by atoms with Gasteiger partial charge in [0.15, 0.2) is 0 Å². The number of aliphatic carboxylic acids is 1. The van der Waals surface area contributed by atoms with Crippen LogP contribution >= 0.6 is 0 Å². The van der Waals surface area contributed by atoms with Crippen LogP contribution in [0.3, 0.4) is 0 Å². The van der Waals surface area contributed by atoms with E-state index in [1.807, 2.05) is 6.07 Å². The molecule has 0 spiro atoms. The molecule has 0 saturated carbocycles. The Kier molecular flexibility index (Phi) is 3.11. The van der Waals surface area contributed by atoms with E-state index in [4.69, 9.17) is 9.52 Å². The molecule has 0 atom stereocenters. The first-order chi connectivity index (χ1) is 9.22. The molecule has 3 heteroatoms. The van der Waals surface area contributed by atoms with Gasteiger partial charge >= 0.3 is 5.97 Å². The summed E-state index contributed by atoms with van der Waals surface area (Å²) in [4.78, 5) is 10.6. The summed E-state index contributed by atoms with van der Waals surface area (Å²) in [6.07, 6.45) is 4.75. The van der Waals surface area contributed by atoms with E-state index in [1.54, 1.807) is 6.07 Å². The van der Waals surface area contributed by atoms with Gasteiger partial charge in [0.2, 0.25) is 0 Å². The standard InChI is InChI=1S/C16H16O3/c17-16(18)10-14-7-8-15(19-14)13-6-5-11-3-1-2-4-12(11)9-13/h5-9H,1-4,10H2,(H,17,18). The van der Waals surface area contributed by atoms with Gasteiger partial charge in [0.25, 0.3) is 0 Å². The number of aryl methyl sites for hydroxylation is 2. The van der Waals surface area contributed by atoms with Crippen molar-refractivity contribution >= 4 is 5.97 Å². The lowest BCUT2D eigenvalue weighted by Crippen LogP contribution is -2.02. The first-order valence-electron chi connectivity index (χ1n) is 6.65. The van der Waals surface area contributed by atoms with Crippen LogP contribution in [0.1, 0.15) is 29.7 Å². The summed E-state index contributed by atoms with van der Waals surface area (Å²) in [6, 6.07) is 10.0. The van der Waals surface area contributed by atoms with Crippen LogP contribution in [-0.2, 0) is 24.1 Å². The predicted molar refractivity (Wildman–Crippen MR) is 72.1 cm³/mol. The average Bonchev–Trinajstić information content (AvgIpc) is 2.86. The monoisotopic (exact) mass is 256 g/mol. The summed E-state index contributed by atoms with van der Waals surface area (Å²) in [5.41, 5.74) is 3.88. The molecule has 1 aliphatic carbocycles. The van der Waals surface area contributed by atoms with Gasteiger partial charge in [0.05, 0.1) is 0 Å². The van der Waals surface area contributed by atoms with Crippen LogP contribution in [0.4, 0.5) is 0 Å².